The van der Waals surface area contributed by atoms with E-state index in [4.69, 9.17) is 5.73 Å². The van der Waals surface area contributed by atoms with Crippen molar-refractivity contribution in [3.8, 4) is 0 Å². The molecule has 100 valence electrons. The molecule has 1 aliphatic rings. The Bertz CT molecular complexity index is 689. The van der Waals surface area contributed by atoms with Crippen LogP contribution in [0.15, 0.2) is 53.5 Å². The quantitative estimate of drug-likeness (QED) is 0.828. The van der Waals surface area contributed by atoms with Crippen LogP contribution in [0.3, 0.4) is 0 Å². The zero-order valence-electron chi connectivity index (χ0n) is 11.1. The lowest BCUT2D eigenvalue weighted by molar-refractivity contribution is -0.117. The normalized spacial score (nSPS) is 17.8. The van der Waals surface area contributed by atoms with Crippen molar-refractivity contribution in [1.82, 2.24) is 0 Å². The van der Waals surface area contributed by atoms with Crippen molar-refractivity contribution in [3.05, 3.63) is 65.2 Å². The molecule has 0 bridgehead atoms. The van der Waals surface area contributed by atoms with E-state index in [1.54, 1.807) is 0 Å². The van der Waals surface area contributed by atoms with Gasteiger partial charge in [-0.25, -0.2) is 0 Å². The van der Waals surface area contributed by atoms with Crippen LogP contribution in [-0.2, 0) is 4.79 Å². The first-order valence-electron chi connectivity index (χ1n) is 6.46. The van der Waals surface area contributed by atoms with Gasteiger partial charge in [-0.3, -0.25) is 9.79 Å². The molecular weight excluding hydrogens is 250 g/mol. The van der Waals surface area contributed by atoms with Crippen LogP contribution in [0.25, 0.3) is 0 Å². The van der Waals surface area contributed by atoms with E-state index in [1.165, 1.54) is 5.56 Å². The van der Waals surface area contributed by atoms with Gasteiger partial charge in [-0.1, -0.05) is 48.0 Å². The van der Waals surface area contributed by atoms with Gasteiger partial charge in [-0.05, 0) is 13.0 Å². The summed E-state index contributed by atoms with van der Waals surface area (Å²) in [5.74, 6) is -0.292. The molecule has 1 heterocycles. The third-order valence-corrected chi connectivity index (χ3v) is 3.30. The number of carbonyl (C=O) groups is 1. The van der Waals surface area contributed by atoms with Crippen molar-refractivity contribution in [3.63, 3.8) is 0 Å². The first kappa shape index (κ1) is 12.6. The average Bonchev–Trinajstić information content (AvgIpc) is 2.58. The predicted molar refractivity (Wildman–Crippen MR) is 79.9 cm³/mol. The maximum absolute atomic E-state index is 11.9. The van der Waals surface area contributed by atoms with Gasteiger partial charge in [0, 0.05) is 11.1 Å². The fourth-order valence-corrected chi connectivity index (χ4v) is 2.21. The smallest absolute Gasteiger partial charge is 0.263 e. The van der Waals surface area contributed by atoms with Crippen LogP contribution in [-0.4, -0.2) is 17.8 Å². The van der Waals surface area contributed by atoms with Gasteiger partial charge in [-0.15, -0.1) is 0 Å². The summed E-state index contributed by atoms with van der Waals surface area (Å²) in [6.45, 7) is 2.03. The molecule has 1 aliphatic heterocycles. The highest BCUT2D eigenvalue weighted by Gasteiger charge is 2.22. The number of rotatable bonds is 1. The molecule has 3 N–H and O–H groups in total. The number of aryl methyl sites for hydroxylation is 1. The number of nitrogens with two attached hydrogens (primary N) is 1. The highest BCUT2D eigenvalue weighted by molar-refractivity contribution is 6.19. The fourth-order valence-electron chi connectivity index (χ4n) is 2.21. The highest BCUT2D eigenvalue weighted by Crippen LogP contribution is 2.23. The van der Waals surface area contributed by atoms with Crippen molar-refractivity contribution < 1.29 is 4.79 Å². The SMILES string of the molecule is Cc1ccc(C2=N[C@H](N)C(=O)Nc3ccccc32)cc1. The molecule has 0 unspecified atom stereocenters. The van der Waals surface area contributed by atoms with E-state index in [0.29, 0.717) is 0 Å². The topological polar surface area (TPSA) is 67.5 Å². The van der Waals surface area contributed by atoms with Gasteiger partial charge in [0.05, 0.1) is 11.4 Å². The Hall–Kier alpha value is -2.46. The third-order valence-electron chi connectivity index (χ3n) is 3.30. The Morgan fingerprint density at radius 2 is 1.80 bits per heavy atom. The molecule has 4 nitrogen and oxygen atoms in total. The van der Waals surface area contributed by atoms with Crippen molar-refractivity contribution in [2.24, 2.45) is 10.7 Å². The summed E-state index contributed by atoms with van der Waals surface area (Å²) < 4.78 is 0. The second-order valence-corrected chi connectivity index (χ2v) is 4.82. The van der Waals surface area contributed by atoms with Crippen LogP contribution in [0, 0.1) is 6.92 Å². The number of benzodiazepines with no additional fused rings is 1. The second kappa shape index (κ2) is 4.90. The molecule has 20 heavy (non-hydrogen) atoms. The number of hydrogen-bond acceptors (Lipinski definition) is 3. The minimum absolute atomic E-state index is 0.292. The minimum atomic E-state index is -0.890. The first-order chi connectivity index (χ1) is 9.65. The number of benzene rings is 2. The fraction of sp³-hybridized carbons (Fsp3) is 0.125. The number of nitrogens with one attached hydrogen (secondary N) is 1. The number of carbonyl (C=O) groups excluding carboxylic acids is 1. The van der Waals surface area contributed by atoms with Crippen LogP contribution >= 0.6 is 0 Å². The van der Waals surface area contributed by atoms with Crippen LogP contribution in [0.1, 0.15) is 16.7 Å². The number of hydrogen-bond donors (Lipinski definition) is 2. The number of amides is 1. The molecule has 0 saturated carbocycles. The van der Waals surface area contributed by atoms with Crippen LogP contribution < -0.4 is 11.1 Å². The van der Waals surface area contributed by atoms with Crippen molar-refractivity contribution in [2.45, 2.75) is 13.1 Å². The molecule has 2 aromatic carbocycles. The van der Waals surface area contributed by atoms with Gasteiger partial charge >= 0.3 is 0 Å². The van der Waals surface area contributed by atoms with Crippen LogP contribution in [0.2, 0.25) is 0 Å². The standard InChI is InChI=1S/C16H15N3O/c1-10-6-8-11(9-7-10)14-12-4-2-3-5-13(12)18-16(20)15(17)19-14/h2-9,15H,17H2,1H3,(H,18,20)/t15-/m0/s1. The van der Waals surface area contributed by atoms with Gasteiger partial charge in [0.1, 0.15) is 0 Å². The number of aliphatic imine (C=N–C) groups is 1. The van der Waals surface area contributed by atoms with Gasteiger partial charge in [-0.2, -0.15) is 0 Å². The van der Waals surface area contributed by atoms with E-state index >= 15 is 0 Å². The Morgan fingerprint density at radius 3 is 2.55 bits per heavy atom. The summed E-state index contributed by atoms with van der Waals surface area (Å²) in [4.78, 5) is 16.2. The Morgan fingerprint density at radius 1 is 1.10 bits per heavy atom. The summed E-state index contributed by atoms with van der Waals surface area (Å²) in [6.07, 6.45) is -0.890. The molecule has 0 radical (unpaired) electrons. The summed E-state index contributed by atoms with van der Waals surface area (Å²) in [5.41, 5.74) is 10.3. The number of para-hydroxylation sites is 1. The second-order valence-electron chi connectivity index (χ2n) is 4.82. The van der Waals surface area contributed by atoms with Crippen LogP contribution in [0.5, 0.6) is 0 Å². The van der Waals surface area contributed by atoms with E-state index in [9.17, 15) is 4.79 Å². The number of nitrogens with zero attached hydrogens (tertiary/aromatic N) is 1. The first-order valence-corrected chi connectivity index (χ1v) is 6.46. The Labute approximate surface area is 117 Å². The molecule has 0 fully saturated rings. The van der Waals surface area contributed by atoms with E-state index in [1.807, 2.05) is 55.5 Å². The van der Waals surface area contributed by atoms with Gasteiger partial charge in [0.15, 0.2) is 6.17 Å². The van der Waals surface area contributed by atoms with Gasteiger partial charge in [0.2, 0.25) is 0 Å². The molecule has 0 saturated heterocycles. The zero-order valence-corrected chi connectivity index (χ0v) is 11.1. The predicted octanol–water partition coefficient (Wildman–Crippen LogP) is 2.07. The summed E-state index contributed by atoms with van der Waals surface area (Å²) in [5, 5.41) is 2.80. The van der Waals surface area contributed by atoms with E-state index in [0.717, 1.165) is 22.5 Å². The third kappa shape index (κ3) is 2.21. The minimum Gasteiger partial charge on any atom is -0.322 e. The van der Waals surface area contributed by atoms with Crippen molar-refractivity contribution >= 4 is 17.3 Å². The van der Waals surface area contributed by atoms with E-state index in [2.05, 4.69) is 10.3 Å². The monoisotopic (exact) mass is 265 g/mol. The maximum Gasteiger partial charge on any atom is 0.263 e. The molecular formula is C16H15N3O. The van der Waals surface area contributed by atoms with Gasteiger partial charge in [0.25, 0.3) is 5.91 Å². The average molecular weight is 265 g/mol. The molecule has 3 rings (SSSR count). The lowest BCUT2D eigenvalue weighted by Gasteiger charge is -2.09. The molecule has 1 atom stereocenters. The number of fused-ring (bicyclic) bond motifs is 1. The lowest BCUT2D eigenvalue weighted by atomic mass is 10.00. The molecule has 0 spiro atoms. The Kier molecular flexibility index (Phi) is 3.08. The molecule has 2 aromatic rings. The maximum atomic E-state index is 11.9. The summed E-state index contributed by atoms with van der Waals surface area (Å²) >= 11 is 0. The summed E-state index contributed by atoms with van der Waals surface area (Å²) in [7, 11) is 0. The molecule has 0 aliphatic carbocycles. The largest absolute Gasteiger partial charge is 0.322 e. The van der Waals surface area contributed by atoms with Crippen molar-refractivity contribution in [1.29, 1.82) is 0 Å². The molecule has 4 heteroatoms. The lowest BCUT2D eigenvalue weighted by Crippen LogP contribution is -2.33. The van der Waals surface area contributed by atoms with Gasteiger partial charge < -0.3 is 11.1 Å². The molecule has 0 aromatic heterocycles. The Balaban J connectivity index is 2.18. The van der Waals surface area contributed by atoms with E-state index < -0.39 is 6.17 Å². The molecule has 1 amide bonds. The van der Waals surface area contributed by atoms with Crippen molar-refractivity contribution in [2.75, 3.05) is 5.32 Å². The highest BCUT2D eigenvalue weighted by atomic mass is 16.2. The number of anilines is 1. The zero-order chi connectivity index (χ0) is 14.1. The van der Waals surface area contributed by atoms with E-state index in [-0.39, 0.29) is 5.91 Å². The summed E-state index contributed by atoms with van der Waals surface area (Å²) in [6, 6.07) is 15.6. The van der Waals surface area contributed by atoms with Crippen LogP contribution in [0.4, 0.5) is 5.69 Å².